The average Bonchev–Trinajstić information content (AvgIpc) is 3.99. The first-order valence-electron chi connectivity index (χ1n) is 19.6. The number of carbonyl (C=O) groups is 3. The number of benzene rings is 3. The Morgan fingerprint density at radius 2 is 1.28 bits per heavy atom. The molecule has 2 saturated heterocycles. The summed E-state index contributed by atoms with van der Waals surface area (Å²) in [4.78, 5) is 57.5. The summed E-state index contributed by atoms with van der Waals surface area (Å²) >= 11 is 0. The second kappa shape index (κ2) is 16.8. The van der Waals surface area contributed by atoms with Crippen LogP contribution in [0.25, 0.3) is 44.4 Å². The summed E-state index contributed by atoms with van der Waals surface area (Å²) in [6, 6.07) is 19.7. The molecule has 5 aromatic rings. The Bertz CT molecular complexity index is 2210. The van der Waals surface area contributed by atoms with E-state index >= 15 is 0 Å². The van der Waals surface area contributed by atoms with Gasteiger partial charge in [-0.3, -0.25) is 9.69 Å². The molecular weight excluding hydrogens is 725 g/mol. The number of nitrogens with zero attached hydrogens (tertiary/aromatic N) is 4. The summed E-state index contributed by atoms with van der Waals surface area (Å²) in [5, 5.41) is 18.9. The van der Waals surface area contributed by atoms with Crippen molar-refractivity contribution in [1.82, 2.24) is 40.4 Å². The smallest absolute Gasteiger partial charge is 0.407 e. The predicted molar refractivity (Wildman–Crippen MR) is 217 cm³/mol. The highest BCUT2D eigenvalue weighted by molar-refractivity contribution is 5.91. The van der Waals surface area contributed by atoms with Gasteiger partial charge in [0.1, 0.15) is 23.9 Å². The highest BCUT2D eigenvalue weighted by Crippen LogP contribution is 2.37. The van der Waals surface area contributed by atoms with Gasteiger partial charge in [0.15, 0.2) is 0 Å². The number of carbonyl (C=O) groups excluding carboxylic acids is 3. The molecule has 0 bridgehead atoms. The number of fused-ring (bicyclic) bond motifs is 1. The Labute approximate surface area is 332 Å². The zero-order valence-electron chi connectivity index (χ0n) is 33.3. The zero-order valence-corrected chi connectivity index (χ0v) is 33.3. The normalized spacial score (nSPS) is 18.6. The second-order valence-electron chi connectivity index (χ2n) is 15.6. The van der Waals surface area contributed by atoms with Crippen molar-refractivity contribution in [3.05, 3.63) is 84.7 Å². The lowest BCUT2D eigenvalue weighted by Crippen LogP contribution is -2.59. The molecule has 3 amide bonds. The van der Waals surface area contributed by atoms with Crippen molar-refractivity contribution in [2.24, 2.45) is 11.8 Å². The predicted octanol–water partition coefficient (Wildman–Crippen LogP) is 6.78. The number of hydrogen-bond donors (Lipinski definition) is 5. The number of aromatic nitrogens is 4. The summed E-state index contributed by atoms with van der Waals surface area (Å²) in [5.41, 5.74) is 5.95. The molecule has 0 radical (unpaired) electrons. The summed E-state index contributed by atoms with van der Waals surface area (Å²) in [5.74, 6) is 1.27. The number of amides is 3. The molecule has 0 spiro atoms. The zero-order chi connectivity index (χ0) is 40.4. The van der Waals surface area contributed by atoms with Crippen LogP contribution in [0.3, 0.4) is 0 Å². The van der Waals surface area contributed by atoms with Crippen LogP contribution < -0.4 is 10.6 Å². The van der Waals surface area contributed by atoms with E-state index in [0.29, 0.717) is 13.1 Å². The van der Waals surface area contributed by atoms with Gasteiger partial charge in [-0.25, -0.2) is 19.6 Å². The molecule has 2 aliphatic rings. The van der Waals surface area contributed by atoms with E-state index in [4.69, 9.17) is 9.47 Å². The number of aliphatic hydroxyl groups excluding tert-OH is 1. The molecule has 300 valence electrons. The molecule has 4 heterocycles. The molecule has 0 aliphatic carbocycles. The molecule has 14 heteroatoms. The molecule has 0 saturated carbocycles. The number of aromatic amines is 2. The van der Waals surface area contributed by atoms with Crippen LogP contribution in [0.2, 0.25) is 0 Å². The first-order valence-corrected chi connectivity index (χ1v) is 19.6. The fraction of sp³-hybridized carbons (Fsp3) is 0.419. The largest absolute Gasteiger partial charge is 0.453 e. The van der Waals surface area contributed by atoms with Gasteiger partial charge in [0.05, 0.1) is 56.1 Å². The number of methoxy groups -OCH3 is 2. The van der Waals surface area contributed by atoms with E-state index in [-0.39, 0.29) is 29.8 Å². The number of imidazole rings is 2. The van der Waals surface area contributed by atoms with Gasteiger partial charge >= 0.3 is 12.2 Å². The van der Waals surface area contributed by atoms with Gasteiger partial charge in [0, 0.05) is 18.7 Å². The first kappa shape index (κ1) is 39.5. The van der Waals surface area contributed by atoms with Gasteiger partial charge in [-0.2, -0.15) is 0 Å². The molecule has 2 aromatic heterocycles. The van der Waals surface area contributed by atoms with Gasteiger partial charge in [-0.05, 0) is 70.7 Å². The average molecular weight is 777 g/mol. The monoisotopic (exact) mass is 776 g/mol. The number of hydrogen-bond acceptors (Lipinski definition) is 9. The van der Waals surface area contributed by atoms with E-state index in [0.717, 1.165) is 75.3 Å². The molecule has 5 N–H and O–H groups in total. The summed E-state index contributed by atoms with van der Waals surface area (Å²) < 4.78 is 9.54. The number of H-pyrrole nitrogens is 2. The lowest BCUT2D eigenvalue weighted by atomic mass is 9.95. The van der Waals surface area contributed by atoms with E-state index in [1.165, 1.54) is 14.2 Å². The summed E-state index contributed by atoms with van der Waals surface area (Å²) in [6.45, 7) is 9.01. The number of ether oxygens (including phenoxy) is 2. The number of alkyl carbamates (subject to hydrolysis) is 2. The van der Waals surface area contributed by atoms with Gasteiger partial charge in [0.2, 0.25) is 5.91 Å². The van der Waals surface area contributed by atoms with Gasteiger partial charge < -0.3 is 40.1 Å². The molecule has 7 rings (SSSR count). The van der Waals surface area contributed by atoms with Crippen molar-refractivity contribution in [2.75, 3.05) is 27.3 Å². The van der Waals surface area contributed by atoms with Crippen molar-refractivity contribution in [3.8, 4) is 33.6 Å². The lowest BCUT2D eigenvalue weighted by molar-refractivity contribution is -0.135. The SMILES string of the molecule is COC(=O)NC(C(=O)N1CCCC1c1ncc(-c2ccc(-c3ccc4cc(-c5cnc(C6CCN6C(O)C(NC(=O)OC)C(C)C)[nH]5)ccc4c3)cc2)[nH]1)C(C)C. The van der Waals surface area contributed by atoms with Crippen LogP contribution >= 0.6 is 0 Å². The Hall–Kier alpha value is -5.73. The van der Waals surface area contributed by atoms with Crippen LogP contribution in [0.4, 0.5) is 9.59 Å². The Morgan fingerprint density at radius 3 is 1.88 bits per heavy atom. The summed E-state index contributed by atoms with van der Waals surface area (Å²) in [7, 11) is 2.61. The third kappa shape index (κ3) is 8.23. The highest BCUT2D eigenvalue weighted by Gasteiger charge is 2.41. The fourth-order valence-corrected chi connectivity index (χ4v) is 7.94. The van der Waals surface area contributed by atoms with Gasteiger partial charge in [0.25, 0.3) is 0 Å². The van der Waals surface area contributed by atoms with Crippen molar-refractivity contribution in [2.45, 2.75) is 77.4 Å². The minimum atomic E-state index is -0.879. The van der Waals surface area contributed by atoms with Crippen molar-refractivity contribution in [1.29, 1.82) is 0 Å². The topological polar surface area (TPSA) is 178 Å². The van der Waals surface area contributed by atoms with Gasteiger partial charge in [-0.15, -0.1) is 0 Å². The molecule has 57 heavy (non-hydrogen) atoms. The maximum Gasteiger partial charge on any atom is 0.407 e. The Morgan fingerprint density at radius 1 is 0.719 bits per heavy atom. The number of likely N-dealkylation sites (tertiary alicyclic amines) is 2. The van der Waals surface area contributed by atoms with Crippen LogP contribution in [0, 0.1) is 11.8 Å². The molecule has 2 fully saturated rings. The summed E-state index contributed by atoms with van der Waals surface area (Å²) in [6.07, 6.45) is 4.06. The number of aliphatic hydroxyl groups is 1. The maximum absolute atomic E-state index is 13.6. The van der Waals surface area contributed by atoms with Crippen LogP contribution in [-0.4, -0.2) is 98.6 Å². The highest BCUT2D eigenvalue weighted by atomic mass is 16.5. The van der Waals surface area contributed by atoms with Crippen LogP contribution in [0.5, 0.6) is 0 Å². The van der Waals surface area contributed by atoms with E-state index in [2.05, 4.69) is 91.2 Å². The molecule has 5 unspecified atom stereocenters. The molecule has 5 atom stereocenters. The van der Waals surface area contributed by atoms with E-state index in [1.54, 1.807) is 0 Å². The quantitative estimate of drug-likeness (QED) is 0.0914. The maximum atomic E-state index is 13.6. The van der Waals surface area contributed by atoms with Crippen molar-refractivity contribution in [3.63, 3.8) is 0 Å². The Kier molecular flexibility index (Phi) is 11.6. The van der Waals surface area contributed by atoms with Gasteiger partial charge in [-0.1, -0.05) is 76.2 Å². The fourth-order valence-electron chi connectivity index (χ4n) is 7.94. The van der Waals surface area contributed by atoms with Crippen LogP contribution in [0.1, 0.15) is 70.7 Å². The van der Waals surface area contributed by atoms with Crippen LogP contribution in [-0.2, 0) is 14.3 Å². The second-order valence-corrected chi connectivity index (χ2v) is 15.6. The first-order chi connectivity index (χ1) is 27.4. The lowest BCUT2D eigenvalue weighted by Gasteiger charge is -2.46. The number of nitrogens with one attached hydrogen (secondary N) is 4. The van der Waals surface area contributed by atoms with E-state index in [1.807, 2.05) is 49.9 Å². The Balaban J connectivity index is 1.01. The minimum absolute atomic E-state index is 0.000869. The molecule has 14 nitrogen and oxygen atoms in total. The molecule has 2 aliphatic heterocycles. The molecular formula is C43H52N8O6. The standard InChI is InChI=1S/C43H52N8O6/c1-24(2)36(48-42(54)56-5)40(52)50-18-7-8-34(50)38-44-22-32(46-38)27-11-9-26(10-12-27)28-13-14-30-21-31(16-15-29(30)20-28)33-23-45-39(47-33)35-17-19-51(35)41(53)37(25(3)4)49-43(55)57-6/h9-16,20-25,34-37,41,53H,7-8,17-19H2,1-6H3,(H,44,46)(H,45,47)(H,48,54)(H,49,55). The minimum Gasteiger partial charge on any atom is -0.453 e. The van der Waals surface area contributed by atoms with Crippen LogP contribution in [0.15, 0.2) is 73.1 Å². The third-order valence-electron chi connectivity index (χ3n) is 11.3. The van der Waals surface area contributed by atoms with Crippen molar-refractivity contribution < 1.29 is 29.0 Å². The number of rotatable bonds is 12. The van der Waals surface area contributed by atoms with E-state index in [9.17, 15) is 19.5 Å². The van der Waals surface area contributed by atoms with Crippen molar-refractivity contribution >= 4 is 28.9 Å². The third-order valence-corrected chi connectivity index (χ3v) is 11.3. The molecule has 3 aromatic carbocycles. The van der Waals surface area contributed by atoms with E-state index < -0.39 is 30.5 Å².